The highest BCUT2D eigenvalue weighted by Crippen LogP contribution is 2.15. The molecule has 0 aromatic heterocycles. The fraction of sp³-hybridized carbons (Fsp3) is 0.579. The van der Waals surface area contributed by atoms with Gasteiger partial charge in [-0.1, -0.05) is 26.0 Å². The minimum atomic E-state index is -0.838. The molecule has 0 aliphatic rings. The van der Waals surface area contributed by atoms with E-state index in [0.717, 1.165) is 5.56 Å². The summed E-state index contributed by atoms with van der Waals surface area (Å²) in [6.45, 7) is 9.28. The molecule has 0 radical (unpaired) electrons. The maximum atomic E-state index is 12.5. The average Bonchev–Trinajstić information content (AvgIpc) is 2.46. The van der Waals surface area contributed by atoms with E-state index in [2.05, 4.69) is 5.32 Å². The number of nitrogens with two attached hydrogens (primary N) is 1. The van der Waals surface area contributed by atoms with E-state index in [1.54, 1.807) is 32.9 Å². The number of phenolic OH excluding ortho intramolecular Hbond substituents is 1. The Morgan fingerprint density at radius 1 is 1.20 bits per heavy atom. The predicted octanol–water partition coefficient (Wildman–Crippen LogP) is 2.13. The number of carbonyl (C=O) groups is 2. The van der Waals surface area contributed by atoms with Crippen LogP contribution in [0.2, 0.25) is 0 Å². The number of nitrogens with one attached hydrogen (secondary N) is 1. The molecule has 1 aromatic rings. The van der Waals surface area contributed by atoms with Gasteiger partial charge in [-0.3, -0.25) is 4.79 Å². The van der Waals surface area contributed by atoms with Crippen LogP contribution in [-0.2, 0) is 20.7 Å². The minimum absolute atomic E-state index is 0.139. The summed E-state index contributed by atoms with van der Waals surface area (Å²) < 4.78 is 5.41. The van der Waals surface area contributed by atoms with E-state index in [0.29, 0.717) is 6.42 Å². The lowest BCUT2D eigenvalue weighted by atomic mass is 10.0. The summed E-state index contributed by atoms with van der Waals surface area (Å²) in [6, 6.07) is 4.96. The maximum Gasteiger partial charge on any atom is 0.329 e. The van der Waals surface area contributed by atoms with E-state index in [1.807, 2.05) is 13.8 Å². The summed E-state index contributed by atoms with van der Waals surface area (Å²) in [5.74, 6) is -0.465. The lowest BCUT2D eigenvalue weighted by Crippen LogP contribution is -2.51. The number of phenols is 1. The first-order chi connectivity index (χ1) is 11.5. The second-order valence-electron chi connectivity index (χ2n) is 7.70. The Bertz CT molecular complexity index is 576. The molecule has 0 saturated heterocycles. The lowest BCUT2D eigenvalue weighted by Gasteiger charge is -2.25. The molecule has 6 nitrogen and oxygen atoms in total. The topological polar surface area (TPSA) is 102 Å². The van der Waals surface area contributed by atoms with Crippen molar-refractivity contribution < 1.29 is 19.4 Å². The number of carbonyl (C=O) groups excluding carboxylic acids is 2. The van der Waals surface area contributed by atoms with Crippen molar-refractivity contribution in [1.82, 2.24) is 5.32 Å². The molecular formula is C19H30N2O4. The second kappa shape index (κ2) is 8.85. The van der Waals surface area contributed by atoms with Crippen LogP contribution in [0, 0.1) is 5.92 Å². The molecule has 1 aromatic carbocycles. The maximum absolute atomic E-state index is 12.5. The molecule has 2 atom stereocenters. The van der Waals surface area contributed by atoms with Gasteiger partial charge in [0.05, 0.1) is 6.04 Å². The summed E-state index contributed by atoms with van der Waals surface area (Å²) in [5, 5.41) is 12.1. The molecular weight excluding hydrogens is 320 g/mol. The normalized spacial score (nSPS) is 14.0. The van der Waals surface area contributed by atoms with Crippen LogP contribution in [0.15, 0.2) is 24.3 Å². The molecule has 25 heavy (non-hydrogen) atoms. The Balaban J connectivity index is 2.88. The van der Waals surface area contributed by atoms with Crippen LogP contribution in [0.3, 0.4) is 0 Å². The van der Waals surface area contributed by atoms with Crippen LogP contribution < -0.4 is 11.1 Å². The Morgan fingerprint density at radius 2 is 1.76 bits per heavy atom. The number of hydrogen-bond donors (Lipinski definition) is 3. The van der Waals surface area contributed by atoms with Gasteiger partial charge in [-0.25, -0.2) is 4.79 Å². The van der Waals surface area contributed by atoms with Crippen LogP contribution in [-0.4, -0.2) is 34.7 Å². The molecule has 6 heteroatoms. The zero-order chi connectivity index (χ0) is 19.2. The Morgan fingerprint density at radius 3 is 2.24 bits per heavy atom. The highest BCUT2D eigenvalue weighted by atomic mass is 16.6. The summed E-state index contributed by atoms with van der Waals surface area (Å²) in [4.78, 5) is 24.8. The third-order valence-electron chi connectivity index (χ3n) is 3.45. The third-order valence-corrected chi connectivity index (χ3v) is 3.45. The number of benzene rings is 1. The highest BCUT2D eigenvalue weighted by molar-refractivity contribution is 5.87. The van der Waals surface area contributed by atoms with Crippen LogP contribution in [0.5, 0.6) is 5.75 Å². The monoisotopic (exact) mass is 350 g/mol. The standard InChI is InChI=1S/C19H30N2O4/c1-12(2)10-15(20)17(23)21-16(18(24)25-19(3,4)5)11-13-6-8-14(22)9-7-13/h6-9,12,15-16,22H,10-11,20H2,1-5H3,(H,21,23)/t15-,16-/m0/s1. The number of aromatic hydroxyl groups is 1. The van der Waals surface area contributed by atoms with Gasteiger partial charge in [0.15, 0.2) is 0 Å². The predicted molar refractivity (Wildman–Crippen MR) is 97.0 cm³/mol. The molecule has 0 saturated carbocycles. The van der Waals surface area contributed by atoms with Crippen molar-refractivity contribution in [3.63, 3.8) is 0 Å². The molecule has 0 aliphatic carbocycles. The van der Waals surface area contributed by atoms with Crippen LogP contribution in [0.25, 0.3) is 0 Å². The summed E-state index contributed by atoms with van der Waals surface area (Å²) in [6.07, 6.45) is 0.793. The first kappa shape index (κ1) is 21.0. The van der Waals surface area contributed by atoms with Gasteiger partial charge in [-0.05, 0) is 50.8 Å². The van der Waals surface area contributed by atoms with Crippen molar-refractivity contribution in [2.24, 2.45) is 11.7 Å². The van der Waals surface area contributed by atoms with Gasteiger partial charge in [-0.15, -0.1) is 0 Å². The van der Waals surface area contributed by atoms with E-state index < -0.39 is 23.7 Å². The first-order valence-electron chi connectivity index (χ1n) is 8.54. The van der Waals surface area contributed by atoms with E-state index in [-0.39, 0.29) is 24.0 Å². The van der Waals surface area contributed by atoms with Gasteiger partial charge >= 0.3 is 5.97 Å². The van der Waals surface area contributed by atoms with Crippen molar-refractivity contribution in [2.45, 2.75) is 65.1 Å². The second-order valence-corrected chi connectivity index (χ2v) is 7.70. The Labute approximate surface area is 149 Å². The van der Waals surface area contributed by atoms with Crippen LogP contribution >= 0.6 is 0 Å². The third kappa shape index (κ3) is 8.03. The van der Waals surface area contributed by atoms with Crippen molar-refractivity contribution in [2.75, 3.05) is 0 Å². The van der Waals surface area contributed by atoms with Crippen molar-refractivity contribution in [3.8, 4) is 5.75 Å². The Hall–Kier alpha value is -2.08. The zero-order valence-electron chi connectivity index (χ0n) is 15.7. The molecule has 0 unspecified atom stereocenters. The number of hydrogen-bond acceptors (Lipinski definition) is 5. The molecule has 4 N–H and O–H groups in total. The SMILES string of the molecule is CC(C)C[C@H](N)C(=O)N[C@@H](Cc1ccc(O)cc1)C(=O)OC(C)(C)C. The molecule has 0 aliphatic heterocycles. The molecule has 0 bridgehead atoms. The summed E-state index contributed by atoms with van der Waals surface area (Å²) >= 11 is 0. The highest BCUT2D eigenvalue weighted by Gasteiger charge is 2.28. The van der Waals surface area contributed by atoms with Gasteiger partial charge in [0, 0.05) is 6.42 Å². The van der Waals surface area contributed by atoms with E-state index in [9.17, 15) is 14.7 Å². The average molecular weight is 350 g/mol. The van der Waals surface area contributed by atoms with Crippen LogP contribution in [0.4, 0.5) is 0 Å². The number of rotatable bonds is 7. The van der Waals surface area contributed by atoms with Gasteiger partial charge < -0.3 is 20.9 Å². The first-order valence-corrected chi connectivity index (χ1v) is 8.54. The van der Waals surface area contributed by atoms with Crippen LogP contribution in [0.1, 0.15) is 46.6 Å². The zero-order valence-corrected chi connectivity index (χ0v) is 15.7. The smallest absolute Gasteiger partial charge is 0.329 e. The minimum Gasteiger partial charge on any atom is -0.508 e. The van der Waals surface area contributed by atoms with Gasteiger partial charge in [0.25, 0.3) is 0 Å². The molecule has 1 amide bonds. The summed E-state index contributed by atoms with van der Waals surface area (Å²) in [5.41, 5.74) is 6.05. The van der Waals surface area contributed by atoms with E-state index >= 15 is 0 Å². The molecule has 0 spiro atoms. The lowest BCUT2D eigenvalue weighted by molar-refractivity contribution is -0.158. The van der Waals surface area contributed by atoms with Crippen molar-refractivity contribution >= 4 is 11.9 Å². The fourth-order valence-electron chi connectivity index (χ4n) is 2.33. The van der Waals surface area contributed by atoms with Gasteiger partial charge in [-0.2, -0.15) is 0 Å². The van der Waals surface area contributed by atoms with E-state index in [1.165, 1.54) is 12.1 Å². The van der Waals surface area contributed by atoms with Gasteiger partial charge in [0.1, 0.15) is 17.4 Å². The molecule has 140 valence electrons. The van der Waals surface area contributed by atoms with Gasteiger partial charge in [0.2, 0.25) is 5.91 Å². The van der Waals surface area contributed by atoms with Crippen molar-refractivity contribution in [3.05, 3.63) is 29.8 Å². The number of ether oxygens (including phenoxy) is 1. The quantitative estimate of drug-likeness (QED) is 0.654. The van der Waals surface area contributed by atoms with E-state index in [4.69, 9.17) is 10.5 Å². The molecule has 0 heterocycles. The number of esters is 1. The Kier molecular flexibility index (Phi) is 7.42. The van der Waals surface area contributed by atoms with Crippen molar-refractivity contribution in [1.29, 1.82) is 0 Å². The molecule has 1 rings (SSSR count). The molecule has 0 fully saturated rings. The number of amides is 1. The summed E-state index contributed by atoms with van der Waals surface area (Å²) in [7, 11) is 0. The fourth-order valence-corrected chi connectivity index (χ4v) is 2.33. The largest absolute Gasteiger partial charge is 0.508 e.